The van der Waals surface area contributed by atoms with Crippen molar-refractivity contribution in [1.29, 1.82) is 0 Å². The van der Waals surface area contributed by atoms with Gasteiger partial charge in [0.1, 0.15) is 23.5 Å². The normalized spacial score (nSPS) is 15.0. The Morgan fingerprint density at radius 1 is 0.946 bits per heavy atom. The summed E-state index contributed by atoms with van der Waals surface area (Å²) in [4.78, 5) is 14.7. The molecule has 0 bridgehead atoms. The number of methoxy groups -OCH3 is 1. The van der Waals surface area contributed by atoms with E-state index in [1.54, 1.807) is 7.11 Å². The summed E-state index contributed by atoms with van der Waals surface area (Å²) >= 11 is 0. The van der Waals surface area contributed by atoms with Crippen LogP contribution in [0.4, 0.5) is 5.69 Å². The average Bonchev–Trinajstić information content (AvgIpc) is 3.75. The second-order valence-corrected chi connectivity index (χ2v) is 10.4. The second-order valence-electron chi connectivity index (χ2n) is 10.4. The number of nitrogens with zero attached hydrogens (tertiary/aromatic N) is 1. The molecule has 5 rings (SSSR count). The largest absolute Gasteiger partial charge is 0.497 e. The molecule has 2 aliphatic rings. The Hall–Kier alpha value is -3.73. The number of carbonyl (C=O) groups excluding carboxylic acids is 1. The molecule has 3 aromatic rings. The summed E-state index contributed by atoms with van der Waals surface area (Å²) in [5, 5.41) is 0. The highest BCUT2D eigenvalue weighted by molar-refractivity contribution is 6.01. The lowest BCUT2D eigenvalue weighted by Gasteiger charge is -2.34. The molecule has 1 aliphatic heterocycles. The molecule has 1 saturated carbocycles. The molecule has 0 N–H and O–H groups in total. The molecule has 0 aromatic heterocycles. The monoisotopic (exact) mass is 497 g/mol. The molecule has 3 aromatic carbocycles. The van der Waals surface area contributed by atoms with Gasteiger partial charge in [0.25, 0.3) is 0 Å². The van der Waals surface area contributed by atoms with Crippen molar-refractivity contribution in [2.75, 3.05) is 31.8 Å². The van der Waals surface area contributed by atoms with Gasteiger partial charge in [-0.2, -0.15) is 0 Å². The quantitative estimate of drug-likeness (QED) is 0.282. The van der Waals surface area contributed by atoms with Crippen LogP contribution in [0.25, 0.3) is 5.57 Å². The lowest BCUT2D eigenvalue weighted by atomic mass is 9.88. The van der Waals surface area contributed by atoms with Crippen LogP contribution in [0.15, 0.2) is 72.3 Å². The predicted octanol–water partition coefficient (Wildman–Crippen LogP) is 6.54. The van der Waals surface area contributed by atoms with E-state index in [-0.39, 0.29) is 0 Å². The molecular weight excluding hydrogens is 462 g/mol. The Bertz CT molecular complexity index is 1270. The lowest BCUT2D eigenvalue weighted by molar-refractivity contribution is -0.104. The van der Waals surface area contributed by atoms with Crippen molar-refractivity contribution in [2.24, 2.45) is 11.8 Å². The van der Waals surface area contributed by atoms with Gasteiger partial charge >= 0.3 is 0 Å². The Labute approximate surface area is 219 Å². The lowest BCUT2D eigenvalue weighted by Crippen LogP contribution is -2.30. The summed E-state index contributed by atoms with van der Waals surface area (Å²) in [6, 6.07) is 22.4. The molecule has 5 heteroatoms. The third kappa shape index (κ3) is 5.99. The third-order valence-corrected chi connectivity index (χ3v) is 6.82. The summed E-state index contributed by atoms with van der Waals surface area (Å²) in [6.45, 7) is 6.87. The Morgan fingerprint density at radius 3 is 2.43 bits per heavy atom. The van der Waals surface area contributed by atoms with Gasteiger partial charge in [-0.05, 0) is 83.8 Å². The van der Waals surface area contributed by atoms with Gasteiger partial charge in [-0.25, -0.2) is 0 Å². The zero-order valence-electron chi connectivity index (χ0n) is 21.9. The summed E-state index contributed by atoms with van der Waals surface area (Å²) in [7, 11) is 1.68. The molecule has 1 fully saturated rings. The van der Waals surface area contributed by atoms with Crippen LogP contribution in [0.1, 0.15) is 43.4 Å². The number of hydrogen-bond donors (Lipinski definition) is 0. The highest BCUT2D eigenvalue weighted by Crippen LogP contribution is 2.41. The van der Waals surface area contributed by atoms with Crippen LogP contribution in [0, 0.1) is 11.8 Å². The van der Waals surface area contributed by atoms with Gasteiger partial charge in [0.2, 0.25) is 0 Å². The number of aldehydes is 1. The fourth-order valence-electron chi connectivity index (χ4n) is 4.67. The van der Waals surface area contributed by atoms with Crippen molar-refractivity contribution >= 4 is 17.5 Å². The zero-order valence-corrected chi connectivity index (χ0v) is 21.9. The number of hydrogen-bond acceptors (Lipinski definition) is 5. The van der Waals surface area contributed by atoms with Crippen molar-refractivity contribution in [1.82, 2.24) is 0 Å². The molecule has 0 atom stereocenters. The van der Waals surface area contributed by atoms with Crippen LogP contribution in [-0.4, -0.2) is 33.2 Å². The molecule has 192 valence electrons. The molecule has 0 saturated heterocycles. The van der Waals surface area contributed by atoms with Gasteiger partial charge in [0.15, 0.2) is 0 Å². The Morgan fingerprint density at radius 2 is 1.73 bits per heavy atom. The standard InChI is InChI=1S/C32H35NO4/c1-22(2)20-36-29-13-14-31-30(16-29)32(25-9-11-27(12-10-25)37-21-23-7-8-23)26(19-34)18-33(31)17-24-5-4-6-28(15-24)35-3/h4-6,9-16,19,22-23H,7-8,17-18,20-21H2,1-3H3. The number of rotatable bonds is 11. The maximum absolute atomic E-state index is 12.4. The predicted molar refractivity (Wildman–Crippen MR) is 148 cm³/mol. The molecule has 0 radical (unpaired) electrons. The van der Waals surface area contributed by atoms with Gasteiger partial charge in [-0.15, -0.1) is 0 Å². The first kappa shape index (κ1) is 24.9. The second kappa shape index (κ2) is 11.1. The van der Waals surface area contributed by atoms with Crippen molar-refractivity contribution < 1.29 is 19.0 Å². The van der Waals surface area contributed by atoms with Gasteiger partial charge in [0, 0.05) is 29.9 Å². The molecular formula is C32H35NO4. The van der Waals surface area contributed by atoms with E-state index >= 15 is 0 Å². The van der Waals surface area contributed by atoms with Crippen LogP contribution in [0.2, 0.25) is 0 Å². The highest BCUT2D eigenvalue weighted by atomic mass is 16.5. The fourth-order valence-corrected chi connectivity index (χ4v) is 4.67. The van der Waals surface area contributed by atoms with Crippen molar-refractivity contribution in [3.05, 3.63) is 89.0 Å². The van der Waals surface area contributed by atoms with Gasteiger partial charge in [-0.1, -0.05) is 38.1 Å². The van der Waals surface area contributed by atoms with Gasteiger partial charge < -0.3 is 19.1 Å². The van der Waals surface area contributed by atoms with Crippen LogP contribution >= 0.6 is 0 Å². The Kier molecular flexibility index (Phi) is 7.50. The highest BCUT2D eigenvalue weighted by Gasteiger charge is 2.27. The van der Waals surface area contributed by atoms with Crippen LogP contribution in [-0.2, 0) is 11.3 Å². The number of fused-ring (bicyclic) bond motifs is 1. The molecule has 0 spiro atoms. The van der Waals surface area contributed by atoms with Crippen LogP contribution in [0.3, 0.4) is 0 Å². The summed E-state index contributed by atoms with van der Waals surface area (Å²) < 4.78 is 17.5. The van der Waals surface area contributed by atoms with E-state index in [9.17, 15) is 4.79 Å². The minimum Gasteiger partial charge on any atom is -0.497 e. The van der Waals surface area contributed by atoms with E-state index in [0.29, 0.717) is 31.5 Å². The van der Waals surface area contributed by atoms with E-state index in [1.807, 2.05) is 36.4 Å². The molecule has 37 heavy (non-hydrogen) atoms. The number of anilines is 1. The molecule has 5 nitrogen and oxygen atoms in total. The van der Waals surface area contributed by atoms with Crippen LogP contribution < -0.4 is 19.1 Å². The van der Waals surface area contributed by atoms with E-state index < -0.39 is 0 Å². The molecule has 1 aliphatic carbocycles. The first-order chi connectivity index (χ1) is 18.0. The summed E-state index contributed by atoms with van der Waals surface area (Å²) in [6.07, 6.45) is 3.52. The summed E-state index contributed by atoms with van der Waals surface area (Å²) in [5.41, 5.74) is 5.91. The van der Waals surface area contributed by atoms with E-state index in [1.165, 1.54) is 12.8 Å². The molecule has 0 amide bonds. The summed E-state index contributed by atoms with van der Waals surface area (Å²) in [5.74, 6) is 3.62. The van der Waals surface area contributed by atoms with Crippen molar-refractivity contribution in [3.63, 3.8) is 0 Å². The topological polar surface area (TPSA) is 48.0 Å². The van der Waals surface area contributed by atoms with Crippen LogP contribution in [0.5, 0.6) is 17.2 Å². The van der Waals surface area contributed by atoms with Crippen molar-refractivity contribution in [3.8, 4) is 17.2 Å². The minimum absolute atomic E-state index is 0.421. The number of carbonyl (C=O) groups is 1. The third-order valence-electron chi connectivity index (χ3n) is 6.82. The SMILES string of the molecule is COc1cccc(CN2CC(C=O)=C(c3ccc(OCC4CC4)cc3)c3cc(OCC(C)C)ccc32)c1. The van der Waals surface area contributed by atoms with Gasteiger partial charge in [-0.3, -0.25) is 4.79 Å². The average molecular weight is 498 g/mol. The first-order valence-corrected chi connectivity index (χ1v) is 13.1. The molecule has 1 heterocycles. The van der Waals surface area contributed by atoms with E-state index in [4.69, 9.17) is 14.2 Å². The van der Waals surface area contributed by atoms with Crippen molar-refractivity contribution in [2.45, 2.75) is 33.2 Å². The zero-order chi connectivity index (χ0) is 25.8. The first-order valence-electron chi connectivity index (χ1n) is 13.1. The molecule has 0 unspecified atom stereocenters. The minimum atomic E-state index is 0.421. The number of benzene rings is 3. The van der Waals surface area contributed by atoms with E-state index in [2.05, 4.69) is 49.1 Å². The smallest absolute Gasteiger partial charge is 0.148 e. The van der Waals surface area contributed by atoms with Gasteiger partial charge in [0.05, 0.1) is 20.3 Å². The Balaban J connectivity index is 1.50. The fraction of sp³-hybridized carbons (Fsp3) is 0.344. The van der Waals surface area contributed by atoms with E-state index in [0.717, 1.165) is 63.7 Å². The number of ether oxygens (including phenoxy) is 3. The maximum Gasteiger partial charge on any atom is 0.148 e. The maximum atomic E-state index is 12.4.